The molecule has 0 spiro atoms. The van der Waals surface area contributed by atoms with E-state index in [1.54, 1.807) is 24.5 Å². The van der Waals surface area contributed by atoms with Crippen LogP contribution in [0.15, 0.2) is 53.1 Å². The fourth-order valence-electron chi connectivity index (χ4n) is 1.98. The minimum absolute atomic E-state index is 0.317. The number of furan rings is 1. The molecule has 0 aliphatic rings. The summed E-state index contributed by atoms with van der Waals surface area (Å²) in [7, 11) is 5.89. The molecule has 2 nitrogen and oxygen atoms in total. The first-order chi connectivity index (χ1) is 9.22. The summed E-state index contributed by atoms with van der Waals surface area (Å²) < 4.78 is 23.8. The van der Waals surface area contributed by atoms with Crippen LogP contribution >= 0.6 is 0 Å². The summed E-state index contributed by atoms with van der Waals surface area (Å²) in [6.07, 6.45) is 1.60. The zero-order chi connectivity index (χ0) is 13.2. The van der Waals surface area contributed by atoms with E-state index in [4.69, 9.17) is 17.0 Å². The number of rotatable bonds is 3. The Morgan fingerprint density at radius 1 is 1.16 bits per heavy atom. The molecule has 4 heteroatoms. The lowest BCUT2D eigenvalue weighted by molar-refractivity contribution is 0.305. The van der Waals surface area contributed by atoms with Crippen molar-refractivity contribution in [1.29, 1.82) is 0 Å². The molecule has 0 saturated heterocycles. The van der Waals surface area contributed by atoms with Gasteiger partial charge in [0.25, 0.3) is 0 Å². The Labute approximate surface area is 111 Å². The van der Waals surface area contributed by atoms with E-state index in [1.807, 2.05) is 12.1 Å². The van der Waals surface area contributed by atoms with Crippen LogP contribution < -0.4 is 10.2 Å². The van der Waals surface area contributed by atoms with E-state index in [0.29, 0.717) is 23.4 Å². The first kappa shape index (κ1) is 11.8. The molecule has 2 aromatic carbocycles. The smallest absolute Gasteiger partial charge is 0.126 e. The Balaban J connectivity index is 1.81. The SMILES string of the molecule is [B]c1cc(COc2cccc(F)c2)cc2ccoc12. The molecule has 0 saturated carbocycles. The lowest BCUT2D eigenvalue weighted by atomic mass is 9.92. The summed E-state index contributed by atoms with van der Waals surface area (Å²) in [4.78, 5) is 0. The molecule has 0 atom stereocenters. The number of hydrogen-bond donors (Lipinski definition) is 0. The van der Waals surface area contributed by atoms with Gasteiger partial charge in [-0.05, 0) is 29.8 Å². The van der Waals surface area contributed by atoms with Gasteiger partial charge in [0.2, 0.25) is 0 Å². The zero-order valence-electron chi connectivity index (χ0n) is 10.1. The molecule has 3 rings (SSSR count). The molecule has 92 valence electrons. The molecule has 0 aliphatic carbocycles. The van der Waals surface area contributed by atoms with Crippen molar-refractivity contribution in [3.63, 3.8) is 0 Å². The monoisotopic (exact) mass is 252 g/mol. The van der Waals surface area contributed by atoms with Gasteiger partial charge >= 0.3 is 0 Å². The van der Waals surface area contributed by atoms with E-state index in [1.165, 1.54) is 12.1 Å². The Morgan fingerprint density at radius 2 is 2.05 bits per heavy atom. The molecule has 0 aliphatic heterocycles. The van der Waals surface area contributed by atoms with E-state index in [0.717, 1.165) is 10.9 Å². The largest absolute Gasteiger partial charge is 0.489 e. The van der Waals surface area contributed by atoms with Crippen LogP contribution in [0.25, 0.3) is 11.0 Å². The van der Waals surface area contributed by atoms with Gasteiger partial charge in [-0.2, -0.15) is 0 Å². The number of benzene rings is 2. The van der Waals surface area contributed by atoms with E-state index in [9.17, 15) is 4.39 Å². The molecular weight excluding hydrogens is 242 g/mol. The van der Waals surface area contributed by atoms with Crippen molar-refractivity contribution in [3.05, 3.63) is 60.1 Å². The third kappa shape index (κ3) is 2.48. The van der Waals surface area contributed by atoms with E-state index in [-0.39, 0.29) is 5.82 Å². The molecule has 0 N–H and O–H groups in total. The number of fused-ring (bicyclic) bond motifs is 1. The summed E-state index contributed by atoms with van der Waals surface area (Å²) in [5.74, 6) is 0.174. The van der Waals surface area contributed by atoms with Crippen molar-refractivity contribution in [2.45, 2.75) is 6.61 Å². The van der Waals surface area contributed by atoms with E-state index < -0.39 is 0 Å². The highest BCUT2D eigenvalue weighted by Gasteiger charge is 2.04. The first-order valence-corrected chi connectivity index (χ1v) is 5.86. The minimum atomic E-state index is -0.317. The summed E-state index contributed by atoms with van der Waals surface area (Å²) in [6.45, 7) is 0.328. The lowest BCUT2D eigenvalue weighted by Gasteiger charge is -2.07. The molecule has 2 radical (unpaired) electrons. The number of ether oxygens (including phenoxy) is 1. The minimum Gasteiger partial charge on any atom is -0.489 e. The third-order valence-corrected chi connectivity index (χ3v) is 2.84. The fourth-order valence-corrected chi connectivity index (χ4v) is 1.98. The van der Waals surface area contributed by atoms with Crippen molar-refractivity contribution in [2.24, 2.45) is 0 Å². The highest BCUT2D eigenvalue weighted by molar-refractivity contribution is 6.38. The van der Waals surface area contributed by atoms with Gasteiger partial charge in [-0.1, -0.05) is 17.6 Å². The van der Waals surface area contributed by atoms with E-state index in [2.05, 4.69) is 0 Å². The second kappa shape index (κ2) is 4.80. The standard InChI is InChI=1S/C15H10BFO2/c16-14-7-10(6-11-4-5-18-15(11)14)9-19-13-3-1-2-12(17)8-13/h1-8H,9H2. The van der Waals surface area contributed by atoms with Gasteiger partial charge < -0.3 is 9.15 Å². The van der Waals surface area contributed by atoms with Gasteiger partial charge in [0.15, 0.2) is 0 Å². The number of halogens is 1. The fraction of sp³-hybridized carbons (Fsp3) is 0.0667. The highest BCUT2D eigenvalue weighted by atomic mass is 19.1. The predicted molar refractivity (Wildman–Crippen MR) is 72.3 cm³/mol. The van der Waals surface area contributed by atoms with Gasteiger partial charge in [0.1, 0.15) is 31.6 Å². The molecule has 19 heavy (non-hydrogen) atoms. The molecular formula is C15H10BFO2. The van der Waals surface area contributed by atoms with Crippen LogP contribution in [-0.2, 0) is 6.61 Å². The lowest BCUT2D eigenvalue weighted by Crippen LogP contribution is -2.06. The third-order valence-electron chi connectivity index (χ3n) is 2.84. The topological polar surface area (TPSA) is 22.4 Å². The highest BCUT2D eigenvalue weighted by Crippen LogP contribution is 2.17. The molecule has 3 aromatic rings. The second-order valence-corrected chi connectivity index (χ2v) is 4.27. The van der Waals surface area contributed by atoms with E-state index >= 15 is 0 Å². The zero-order valence-corrected chi connectivity index (χ0v) is 10.1. The van der Waals surface area contributed by atoms with Crippen molar-refractivity contribution in [1.82, 2.24) is 0 Å². The van der Waals surface area contributed by atoms with Gasteiger partial charge in [0.05, 0.1) is 6.26 Å². The van der Waals surface area contributed by atoms with Gasteiger partial charge in [-0.3, -0.25) is 0 Å². The second-order valence-electron chi connectivity index (χ2n) is 4.27. The summed E-state index contributed by atoms with van der Waals surface area (Å²) >= 11 is 0. The maximum absolute atomic E-state index is 13.0. The summed E-state index contributed by atoms with van der Waals surface area (Å²) in [5.41, 5.74) is 2.16. The first-order valence-electron chi connectivity index (χ1n) is 5.86. The van der Waals surface area contributed by atoms with Crippen LogP contribution in [0.5, 0.6) is 5.75 Å². The van der Waals surface area contributed by atoms with Gasteiger partial charge in [0, 0.05) is 11.5 Å². The Bertz CT molecular complexity index is 721. The average molecular weight is 252 g/mol. The quantitative estimate of drug-likeness (QED) is 0.668. The van der Waals surface area contributed by atoms with Gasteiger partial charge in [-0.25, -0.2) is 4.39 Å². The van der Waals surface area contributed by atoms with Crippen LogP contribution in [0.1, 0.15) is 5.56 Å². The Morgan fingerprint density at radius 3 is 2.89 bits per heavy atom. The summed E-state index contributed by atoms with van der Waals surface area (Å²) in [5, 5.41) is 0.929. The van der Waals surface area contributed by atoms with Crippen LogP contribution in [0, 0.1) is 5.82 Å². The van der Waals surface area contributed by atoms with Crippen molar-refractivity contribution >= 4 is 24.3 Å². The van der Waals surface area contributed by atoms with Crippen LogP contribution in [-0.4, -0.2) is 7.85 Å². The van der Waals surface area contributed by atoms with Crippen LogP contribution in [0.2, 0.25) is 0 Å². The average Bonchev–Trinajstić information content (AvgIpc) is 2.85. The Hall–Kier alpha value is -2.23. The Kier molecular flexibility index (Phi) is 2.99. The van der Waals surface area contributed by atoms with Gasteiger partial charge in [-0.15, -0.1) is 0 Å². The number of hydrogen-bond acceptors (Lipinski definition) is 2. The molecule has 1 heterocycles. The maximum Gasteiger partial charge on any atom is 0.126 e. The molecule has 0 amide bonds. The van der Waals surface area contributed by atoms with Crippen molar-refractivity contribution in [2.75, 3.05) is 0 Å². The molecule has 0 unspecified atom stereocenters. The van der Waals surface area contributed by atoms with Crippen molar-refractivity contribution < 1.29 is 13.5 Å². The predicted octanol–water partition coefficient (Wildman–Crippen LogP) is 2.94. The normalized spacial score (nSPS) is 10.8. The molecule has 1 aromatic heterocycles. The maximum atomic E-state index is 13.0. The van der Waals surface area contributed by atoms with Crippen LogP contribution in [0.4, 0.5) is 4.39 Å². The molecule has 0 fully saturated rings. The summed E-state index contributed by atoms with van der Waals surface area (Å²) in [6, 6.07) is 11.6. The molecule has 0 bridgehead atoms. The van der Waals surface area contributed by atoms with Crippen molar-refractivity contribution in [3.8, 4) is 5.75 Å². The van der Waals surface area contributed by atoms with Crippen LogP contribution in [0.3, 0.4) is 0 Å².